The third kappa shape index (κ3) is 5.42. The maximum absolute atomic E-state index is 12.4. The lowest BCUT2D eigenvalue weighted by atomic mass is 10.1. The summed E-state index contributed by atoms with van der Waals surface area (Å²) in [6, 6.07) is 15.1. The minimum absolute atomic E-state index is 0.109. The number of urea groups is 1. The van der Waals surface area contributed by atoms with E-state index in [1.807, 2.05) is 36.6 Å². The van der Waals surface area contributed by atoms with Crippen molar-refractivity contribution in [2.45, 2.75) is 32.2 Å². The summed E-state index contributed by atoms with van der Waals surface area (Å²) in [5.41, 5.74) is 4.22. The predicted octanol–water partition coefficient (Wildman–Crippen LogP) is 4.58. The lowest BCUT2D eigenvalue weighted by Crippen LogP contribution is -2.30. The Kier molecular flexibility index (Phi) is 5.57. The van der Waals surface area contributed by atoms with Crippen LogP contribution in [0.25, 0.3) is 11.3 Å². The summed E-state index contributed by atoms with van der Waals surface area (Å²) in [6.45, 7) is 1.98. The number of aryl methyl sites for hydroxylation is 1. The first-order chi connectivity index (χ1) is 14.0. The van der Waals surface area contributed by atoms with Crippen LogP contribution < -0.4 is 16.0 Å². The molecular weight excluding hydrogens is 384 g/mol. The molecule has 4 rings (SSSR count). The van der Waals surface area contributed by atoms with Crippen molar-refractivity contribution in [1.82, 2.24) is 10.3 Å². The highest BCUT2D eigenvalue weighted by Crippen LogP contribution is 2.22. The van der Waals surface area contributed by atoms with E-state index >= 15 is 0 Å². The normalized spacial score (nSPS) is 13.0. The van der Waals surface area contributed by atoms with Crippen LogP contribution in [0, 0.1) is 6.92 Å². The molecule has 3 amide bonds. The van der Waals surface area contributed by atoms with E-state index in [0.29, 0.717) is 17.4 Å². The van der Waals surface area contributed by atoms with Crippen LogP contribution in [0.1, 0.15) is 23.4 Å². The molecule has 3 aromatic rings. The smallest absolute Gasteiger partial charge is 0.319 e. The highest BCUT2D eigenvalue weighted by molar-refractivity contribution is 7.09. The molecule has 6 nitrogen and oxygen atoms in total. The van der Waals surface area contributed by atoms with Crippen molar-refractivity contribution in [2.24, 2.45) is 0 Å². The Morgan fingerprint density at radius 2 is 1.79 bits per heavy atom. The Bertz CT molecular complexity index is 1030. The molecule has 0 radical (unpaired) electrons. The summed E-state index contributed by atoms with van der Waals surface area (Å²) in [7, 11) is 0. The first-order valence-electron chi connectivity index (χ1n) is 9.54. The number of anilines is 2. The van der Waals surface area contributed by atoms with Gasteiger partial charge in [-0.25, -0.2) is 9.78 Å². The van der Waals surface area contributed by atoms with E-state index in [9.17, 15) is 9.59 Å². The number of hydrogen-bond acceptors (Lipinski definition) is 4. The van der Waals surface area contributed by atoms with E-state index in [4.69, 9.17) is 0 Å². The van der Waals surface area contributed by atoms with E-state index in [1.165, 1.54) is 0 Å². The minimum atomic E-state index is -0.216. The third-order valence-electron chi connectivity index (χ3n) is 4.55. The second kappa shape index (κ2) is 8.45. The van der Waals surface area contributed by atoms with Crippen LogP contribution in [0.4, 0.5) is 16.2 Å². The number of hydrogen-bond donors (Lipinski definition) is 3. The zero-order valence-corrected chi connectivity index (χ0v) is 16.9. The average Bonchev–Trinajstić information content (AvgIpc) is 3.39. The van der Waals surface area contributed by atoms with Crippen molar-refractivity contribution in [3.63, 3.8) is 0 Å². The summed E-state index contributed by atoms with van der Waals surface area (Å²) >= 11 is 1.62. The van der Waals surface area contributed by atoms with Gasteiger partial charge in [0, 0.05) is 28.4 Å². The lowest BCUT2D eigenvalue weighted by Gasteiger charge is -2.10. The van der Waals surface area contributed by atoms with Crippen LogP contribution in [0.3, 0.4) is 0 Å². The van der Waals surface area contributed by atoms with E-state index in [0.717, 1.165) is 34.7 Å². The molecule has 1 fully saturated rings. The van der Waals surface area contributed by atoms with Gasteiger partial charge in [0.15, 0.2) is 0 Å². The Morgan fingerprint density at radius 1 is 1.07 bits per heavy atom. The minimum Gasteiger partial charge on any atom is -0.335 e. The van der Waals surface area contributed by atoms with E-state index in [-0.39, 0.29) is 18.4 Å². The van der Waals surface area contributed by atoms with Gasteiger partial charge >= 0.3 is 6.03 Å². The molecule has 148 valence electrons. The second-order valence-corrected chi connectivity index (χ2v) is 8.19. The maximum atomic E-state index is 12.4. The number of carbonyl (C=O) groups excluding carboxylic acids is 2. The van der Waals surface area contributed by atoms with E-state index in [2.05, 4.69) is 20.9 Å². The number of carbonyl (C=O) groups is 2. The molecule has 29 heavy (non-hydrogen) atoms. The molecule has 0 aliphatic heterocycles. The largest absolute Gasteiger partial charge is 0.335 e. The van der Waals surface area contributed by atoms with E-state index in [1.54, 1.807) is 35.6 Å². The Balaban J connectivity index is 1.33. The van der Waals surface area contributed by atoms with Crippen molar-refractivity contribution in [2.75, 3.05) is 10.6 Å². The zero-order chi connectivity index (χ0) is 20.2. The van der Waals surface area contributed by atoms with Crippen molar-refractivity contribution in [1.29, 1.82) is 0 Å². The topological polar surface area (TPSA) is 83.1 Å². The molecule has 1 aliphatic carbocycles. The monoisotopic (exact) mass is 406 g/mol. The molecular formula is C22H22N4O2S. The van der Waals surface area contributed by atoms with Gasteiger partial charge in [-0.3, -0.25) is 4.79 Å². The van der Waals surface area contributed by atoms with Crippen LogP contribution in [-0.4, -0.2) is 23.0 Å². The standard InChI is InChI=1S/C22H22N4O2S/c1-14-23-20(13-29-14)16-7-5-15(6-8-16)11-21(27)24-18-3-2-4-19(12-18)26-22(28)25-17-9-10-17/h2-8,12-13,17H,9-11H2,1H3,(H,24,27)(H2,25,26,28). The second-order valence-electron chi connectivity index (χ2n) is 7.13. The molecule has 0 saturated heterocycles. The Labute approximate surface area is 173 Å². The summed E-state index contributed by atoms with van der Waals surface area (Å²) in [4.78, 5) is 28.7. The Hall–Kier alpha value is -3.19. The molecule has 1 heterocycles. The van der Waals surface area contributed by atoms with Gasteiger partial charge in [0.05, 0.1) is 17.1 Å². The summed E-state index contributed by atoms with van der Waals surface area (Å²) in [5, 5.41) is 11.6. The van der Waals surface area contributed by atoms with Crippen LogP contribution in [0.5, 0.6) is 0 Å². The van der Waals surface area contributed by atoms with Crippen molar-refractivity contribution < 1.29 is 9.59 Å². The van der Waals surface area contributed by atoms with Gasteiger partial charge < -0.3 is 16.0 Å². The fourth-order valence-corrected chi connectivity index (χ4v) is 3.56. The molecule has 2 aromatic carbocycles. The van der Waals surface area contributed by atoms with Crippen LogP contribution in [0.15, 0.2) is 53.9 Å². The van der Waals surface area contributed by atoms with Gasteiger partial charge in [-0.2, -0.15) is 0 Å². The van der Waals surface area contributed by atoms with Crippen molar-refractivity contribution >= 4 is 34.6 Å². The summed E-state index contributed by atoms with van der Waals surface area (Å²) < 4.78 is 0. The molecule has 7 heteroatoms. The zero-order valence-electron chi connectivity index (χ0n) is 16.1. The molecule has 0 bridgehead atoms. The maximum Gasteiger partial charge on any atom is 0.319 e. The van der Waals surface area contributed by atoms with Gasteiger partial charge in [0.1, 0.15) is 0 Å². The third-order valence-corrected chi connectivity index (χ3v) is 5.32. The van der Waals surface area contributed by atoms with Crippen LogP contribution >= 0.6 is 11.3 Å². The van der Waals surface area contributed by atoms with Gasteiger partial charge in [-0.1, -0.05) is 30.3 Å². The first-order valence-corrected chi connectivity index (χ1v) is 10.4. The molecule has 3 N–H and O–H groups in total. The molecule has 1 aliphatic rings. The summed E-state index contributed by atoms with van der Waals surface area (Å²) in [5.74, 6) is -0.109. The number of nitrogens with zero attached hydrogens (tertiary/aromatic N) is 1. The molecule has 0 atom stereocenters. The molecule has 0 spiro atoms. The quantitative estimate of drug-likeness (QED) is 0.560. The number of nitrogens with one attached hydrogen (secondary N) is 3. The number of aromatic nitrogens is 1. The Morgan fingerprint density at radius 3 is 2.45 bits per heavy atom. The first kappa shape index (κ1) is 19.1. The van der Waals surface area contributed by atoms with Gasteiger partial charge in [0.2, 0.25) is 5.91 Å². The lowest BCUT2D eigenvalue weighted by molar-refractivity contribution is -0.115. The molecule has 1 saturated carbocycles. The average molecular weight is 407 g/mol. The van der Waals surface area contributed by atoms with Gasteiger partial charge in [-0.15, -0.1) is 11.3 Å². The fourth-order valence-electron chi connectivity index (χ4n) is 2.93. The highest BCUT2D eigenvalue weighted by atomic mass is 32.1. The number of amides is 3. The molecule has 1 aromatic heterocycles. The number of benzene rings is 2. The number of thiazole rings is 1. The number of rotatable bonds is 6. The summed E-state index contributed by atoms with van der Waals surface area (Å²) in [6.07, 6.45) is 2.35. The fraction of sp³-hybridized carbons (Fsp3) is 0.227. The van der Waals surface area contributed by atoms with E-state index < -0.39 is 0 Å². The van der Waals surface area contributed by atoms with Gasteiger partial charge in [0.25, 0.3) is 0 Å². The molecule has 0 unspecified atom stereocenters. The SMILES string of the molecule is Cc1nc(-c2ccc(CC(=O)Nc3cccc(NC(=O)NC4CC4)c3)cc2)cs1. The van der Waals surface area contributed by atoms with Gasteiger partial charge in [-0.05, 0) is 43.5 Å². The van der Waals surface area contributed by atoms with Crippen molar-refractivity contribution in [3.05, 3.63) is 64.5 Å². The predicted molar refractivity (Wildman–Crippen MR) is 116 cm³/mol. The van der Waals surface area contributed by atoms with Crippen molar-refractivity contribution in [3.8, 4) is 11.3 Å². The van der Waals surface area contributed by atoms with Crippen LogP contribution in [0.2, 0.25) is 0 Å². The van der Waals surface area contributed by atoms with Crippen LogP contribution in [-0.2, 0) is 11.2 Å². The highest BCUT2D eigenvalue weighted by Gasteiger charge is 2.23.